The Labute approximate surface area is 131 Å². The highest BCUT2D eigenvalue weighted by molar-refractivity contribution is 9.10. The van der Waals surface area contributed by atoms with E-state index < -0.39 is 0 Å². The Morgan fingerprint density at radius 3 is 2.81 bits per heavy atom. The number of benzene rings is 1. The molecule has 0 atom stereocenters. The first-order valence-corrected chi connectivity index (χ1v) is 7.55. The van der Waals surface area contributed by atoms with Gasteiger partial charge in [-0.15, -0.1) is 0 Å². The Morgan fingerprint density at radius 2 is 2.00 bits per heavy atom. The molecular weight excluding hydrogens is 334 g/mol. The van der Waals surface area contributed by atoms with Gasteiger partial charge in [-0.1, -0.05) is 6.07 Å². The van der Waals surface area contributed by atoms with Gasteiger partial charge in [0.1, 0.15) is 13.2 Å². The summed E-state index contributed by atoms with van der Waals surface area (Å²) in [6.45, 7) is 1.99. The first-order valence-electron chi connectivity index (χ1n) is 6.75. The fourth-order valence-corrected chi connectivity index (χ4v) is 2.70. The largest absolute Gasteiger partial charge is 0.486 e. The van der Waals surface area contributed by atoms with Crippen LogP contribution in [0.4, 0.5) is 11.4 Å². The SMILES string of the molecule is Nc1cncc(Br)c1NCCc1ccc2c(c1)OCCO2. The lowest BCUT2D eigenvalue weighted by Crippen LogP contribution is -2.15. The summed E-state index contributed by atoms with van der Waals surface area (Å²) in [5, 5.41) is 3.33. The van der Waals surface area contributed by atoms with E-state index in [1.807, 2.05) is 12.1 Å². The van der Waals surface area contributed by atoms with Gasteiger partial charge in [-0.25, -0.2) is 0 Å². The Balaban J connectivity index is 1.63. The lowest BCUT2D eigenvalue weighted by molar-refractivity contribution is 0.171. The molecule has 0 saturated heterocycles. The number of nitrogen functional groups attached to an aromatic ring is 1. The maximum atomic E-state index is 5.90. The van der Waals surface area contributed by atoms with Crippen LogP contribution in [0.5, 0.6) is 11.5 Å². The number of pyridine rings is 1. The van der Waals surface area contributed by atoms with Gasteiger partial charge in [0.2, 0.25) is 0 Å². The van der Waals surface area contributed by atoms with Crippen molar-refractivity contribution >= 4 is 27.3 Å². The molecule has 1 aromatic heterocycles. The smallest absolute Gasteiger partial charge is 0.161 e. The minimum atomic E-state index is 0.606. The fraction of sp³-hybridized carbons (Fsp3) is 0.267. The number of halogens is 1. The molecule has 5 nitrogen and oxygen atoms in total. The monoisotopic (exact) mass is 349 g/mol. The molecule has 0 spiro atoms. The van der Waals surface area contributed by atoms with Crippen LogP contribution in [-0.2, 0) is 6.42 Å². The highest BCUT2D eigenvalue weighted by atomic mass is 79.9. The number of rotatable bonds is 4. The van der Waals surface area contributed by atoms with Crippen molar-refractivity contribution < 1.29 is 9.47 Å². The van der Waals surface area contributed by atoms with Gasteiger partial charge in [0.05, 0.1) is 22.0 Å². The van der Waals surface area contributed by atoms with Crippen LogP contribution in [0.3, 0.4) is 0 Å². The van der Waals surface area contributed by atoms with Gasteiger partial charge in [0.25, 0.3) is 0 Å². The molecule has 1 aliphatic heterocycles. The summed E-state index contributed by atoms with van der Waals surface area (Å²) in [5.74, 6) is 1.64. The highest BCUT2D eigenvalue weighted by Gasteiger charge is 2.11. The number of nitrogens with one attached hydrogen (secondary N) is 1. The summed E-state index contributed by atoms with van der Waals surface area (Å²) in [6.07, 6.45) is 4.23. The normalized spacial score (nSPS) is 13.0. The van der Waals surface area contributed by atoms with Gasteiger partial charge in [0, 0.05) is 12.7 Å². The van der Waals surface area contributed by atoms with E-state index in [4.69, 9.17) is 15.2 Å². The quantitative estimate of drug-likeness (QED) is 0.888. The lowest BCUT2D eigenvalue weighted by atomic mass is 10.1. The van der Waals surface area contributed by atoms with E-state index in [0.717, 1.165) is 34.6 Å². The number of aromatic nitrogens is 1. The summed E-state index contributed by atoms with van der Waals surface area (Å²) in [7, 11) is 0. The molecule has 6 heteroatoms. The molecule has 110 valence electrons. The first-order chi connectivity index (χ1) is 10.2. The molecule has 3 rings (SSSR count). The van der Waals surface area contributed by atoms with Crippen LogP contribution < -0.4 is 20.5 Å². The van der Waals surface area contributed by atoms with Crippen molar-refractivity contribution in [3.05, 3.63) is 40.6 Å². The third-order valence-electron chi connectivity index (χ3n) is 3.25. The van der Waals surface area contributed by atoms with Crippen molar-refractivity contribution in [3.8, 4) is 11.5 Å². The minimum absolute atomic E-state index is 0.606. The standard InChI is InChI=1S/C15H16BrN3O2/c16-11-8-18-9-12(17)15(11)19-4-3-10-1-2-13-14(7-10)21-6-5-20-13/h1-2,7-9H,3-6,17H2,(H,18,19). The van der Waals surface area contributed by atoms with E-state index in [1.165, 1.54) is 5.56 Å². The van der Waals surface area contributed by atoms with Gasteiger partial charge in [-0.2, -0.15) is 0 Å². The fourth-order valence-electron chi connectivity index (χ4n) is 2.21. The minimum Gasteiger partial charge on any atom is -0.486 e. The average molecular weight is 350 g/mol. The Kier molecular flexibility index (Phi) is 4.15. The number of hydrogen-bond acceptors (Lipinski definition) is 5. The Bertz CT molecular complexity index is 629. The summed E-state index contributed by atoms with van der Waals surface area (Å²) in [6, 6.07) is 6.04. The van der Waals surface area contributed by atoms with Crippen LogP contribution in [0.2, 0.25) is 0 Å². The summed E-state index contributed by atoms with van der Waals surface area (Å²) in [4.78, 5) is 4.02. The maximum Gasteiger partial charge on any atom is 0.161 e. The zero-order valence-electron chi connectivity index (χ0n) is 11.4. The van der Waals surface area contributed by atoms with Crippen LogP contribution in [0.1, 0.15) is 5.56 Å². The molecule has 1 aliphatic rings. The lowest BCUT2D eigenvalue weighted by Gasteiger charge is -2.19. The van der Waals surface area contributed by atoms with Gasteiger partial charge >= 0.3 is 0 Å². The van der Waals surface area contributed by atoms with Crippen LogP contribution >= 0.6 is 15.9 Å². The average Bonchev–Trinajstić information content (AvgIpc) is 2.50. The second-order valence-electron chi connectivity index (χ2n) is 4.74. The van der Waals surface area contributed by atoms with Crippen LogP contribution in [0.25, 0.3) is 0 Å². The molecule has 21 heavy (non-hydrogen) atoms. The van der Waals surface area contributed by atoms with Gasteiger partial charge < -0.3 is 20.5 Å². The van der Waals surface area contributed by atoms with E-state index in [1.54, 1.807) is 12.4 Å². The van der Waals surface area contributed by atoms with E-state index in [0.29, 0.717) is 18.9 Å². The predicted molar refractivity (Wildman–Crippen MR) is 86.0 cm³/mol. The van der Waals surface area contributed by atoms with E-state index in [2.05, 4.69) is 32.3 Å². The molecule has 1 aromatic carbocycles. The number of nitrogens with two attached hydrogens (primary N) is 1. The number of hydrogen-bond donors (Lipinski definition) is 2. The zero-order valence-corrected chi connectivity index (χ0v) is 13.0. The zero-order chi connectivity index (χ0) is 14.7. The van der Waals surface area contributed by atoms with Gasteiger partial charge in [-0.05, 0) is 40.0 Å². The summed E-state index contributed by atoms with van der Waals surface area (Å²) >= 11 is 3.44. The van der Waals surface area contributed by atoms with Crippen LogP contribution in [-0.4, -0.2) is 24.7 Å². The second kappa shape index (κ2) is 6.22. The molecule has 0 bridgehead atoms. The first kappa shape index (κ1) is 14.0. The molecule has 0 saturated carbocycles. The van der Waals surface area contributed by atoms with Gasteiger partial charge in [-0.3, -0.25) is 4.98 Å². The molecule has 2 aromatic rings. The van der Waals surface area contributed by atoms with Gasteiger partial charge in [0.15, 0.2) is 11.5 Å². The third kappa shape index (κ3) is 3.21. The van der Waals surface area contributed by atoms with E-state index >= 15 is 0 Å². The molecule has 0 fully saturated rings. The number of fused-ring (bicyclic) bond motifs is 1. The summed E-state index contributed by atoms with van der Waals surface area (Å²) in [5.41, 5.74) is 8.60. The molecule has 0 unspecified atom stereocenters. The van der Waals surface area contributed by atoms with Crippen molar-refractivity contribution in [2.75, 3.05) is 30.8 Å². The number of anilines is 2. The van der Waals surface area contributed by atoms with Crippen molar-refractivity contribution in [2.45, 2.75) is 6.42 Å². The topological polar surface area (TPSA) is 69.4 Å². The Morgan fingerprint density at radius 1 is 1.19 bits per heavy atom. The van der Waals surface area contributed by atoms with Crippen LogP contribution in [0.15, 0.2) is 35.1 Å². The van der Waals surface area contributed by atoms with Crippen molar-refractivity contribution in [3.63, 3.8) is 0 Å². The number of nitrogens with zero attached hydrogens (tertiary/aromatic N) is 1. The van der Waals surface area contributed by atoms with Crippen LogP contribution in [0, 0.1) is 0 Å². The second-order valence-corrected chi connectivity index (χ2v) is 5.59. The molecule has 0 amide bonds. The van der Waals surface area contributed by atoms with Crippen molar-refractivity contribution in [2.24, 2.45) is 0 Å². The summed E-state index contributed by atoms with van der Waals surface area (Å²) < 4.78 is 12.0. The Hall–Kier alpha value is -1.95. The predicted octanol–water partition coefficient (Wildman–Crippen LogP) is 2.85. The molecular formula is C15H16BrN3O2. The highest BCUT2D eigenvalue weighted by Crippen LogP contribution is 2.31. The number of ether oxygens (including phenoxy) is 2. The maximum absolute atomic E-state index is 5.90. The molecule has 0 aliphatic carbocycles. The van der Waals surface area contributed by atoms with E-state index in [9.17, 15) is 0 Å². The molecule has 0 radical (unpaired) electrons. The van der Waals surface area contributed by atoms with E-state index in [-0.39, 0.29) is 0 Å². The molecule has 2 heterocycles. The third-order valence-corrected chi connectivity index (χ3v) is 3.85. The molecule has 3 N–H and O–H groups in total. The van der Waals surface area contributed by atoms with Crippen molar-refractivity contribution in [1.82, 2.24) is 4.98 Å². The van der Waals surface area contributed by atoms with Crippen molar-refractivity contribution in [1.29, 1.82) is 0 Å².